The molecule has 0 spiro atoms. The number of aliphatic imine (C=N–C) groups is 1. The standard InChI is InChI=1S/C22H28N4OS.HI/c1-26(2)20(27)16-24-21(23-15-18-9-5-3-6-10-18)25-17-22(13-14-22)28-19-11-7-4-8-12-19;/h3-12H,13-17H2,1-2H3,(H2,23,24,25);1H. The van der Waals surface area contributed by atoms with Gasteiger partial charge in [0.1, 0.15) is 0 Å². The molecule has 2 aromatic rings. The first-order chi connectivity index (χ1) is 13.6. The number of hydrogen-bond donors (Lipinski definition) is 2. The van der Waals surface area contributed by atoms with Gasteiger partial charge in [-0.2, -0.15) is 0 Å². The van der Waals surface area contributed by atoms with Gasteiger partial charge in [0.15, 0.2) is 5.96 Å². The summed E-state index contributed by atoms with van der Waals surface area (Å²) in [5.74, 6) is 0.702. The van der Waals surface area contributed by atoms with Crippen LogP contribution >= 0.6 is 35.7 Å². The quantitative estimate of drug-likeness (QED) is 0.314. The molecule has 0 aliphatic heterocycles. The van der Waals surface area contributed by atoms with Gasteiger partial charge in [-0.05, 0) is 30.5 Å². The minimum Gasteiger partial charge on any atom is -0.355 e. The zero-order chi connectivity index (χ0) is 19.8. The van der Waals surface area contributed by atoms with Crippen LogP contribution in [0.4, 0.5) is 0 Å². The molecule has 1 aliphatic carbocycles. The maximum absolute atomic E-state index is 12.0. The first-order valence-electron chi connectivity index (χ1n) is 9.57. The zero-order valence-electron chi connectivity index (χ0n) is 16.9. The number of guanidine groups is 1. The molecule has 0 aromatic heterocycles. The summed E-state index contributed by atoms with van der Waals surface area (Å²) >= 11 is 1.92. The monoisotopic (exact) mass is 524 g/mol. The maximum atomic E-state index is 12.0. The average molecular weight is 524 g/mol. The van der Waals surface area contributed by atoms with Gasteiger partial charge in [-0.3, -0.25) is 4.79 Å². The van der Waals surface area contributed by atoms with Crippen LogP contribution in [-0.2, 0) is 11.3 Å². The molecule has 2 N–H and O–H groups in total. The third-order valence-corrected chi connectivity index (χ3v) is 6.13. The lowest BCUT2D eigenvalue weighted by Crippen LogP contribution is -2.45. The Balaban J connectivity index is 0.00000300. The summed E-state index contributed by atoms with van der Waals surface area (Å²) in [7, 11) is 3.52. The Morgan fingerprint density at radius 2 is 1.66 bits per heavy atom. The smallest absolute Gasteiger partial charge is 0.241 e. The van der Waals surface area contributed by atoms with Crippen LogP contribution in [-0.4, -0.2) is 48.7 Å². The molecule has 1 aliphatic rings. The molecule has 1 saturated carbocycles. The summed E-state index contributed by atoms with van der Waals surface area (Å²) in [6.45, 7) is 1.63. The second-order valence-electron chi connectivity index (χ2n) is 7.24. The number of likely N-dealkylation sites (N-methyl/N-ethyl adjacent to an activating group) is 1. The van der Waals surface area contributed by atoms with Crippen LogP contribution in [0.3, 0.4) is 0 Å². The summed E-state index contributed by atoms with van der Waals surface area (Å²) < 4.78 is 0.210. The van der Waals surface area contributed by atoms with Crippen LogP contribution < -0.4 is 10.6 Å². The third-order valence-electron chi connectivity index (χ3n) is 4.63. The topological polar surface area (TPSA) is 56.7 Å². The summed E-state index contributed by atoms with van der Waals surface area (Å²) in [6.07, 6.45) is 2.37. The lowest BCUT2D eigenvalue weighted by atomic mass is 10.2. The van der Waals surface area contributed by atoms with Crippen molar-refractivity contribution in [2.24, 2.45) is 4.99 Å². The van der Waals surface area contributed by atoms with Gasteiger partial charge in [0.2, 0.25) is 5.91 Å². The van der Waals surface area contributed by atoms with E-state index in [2.05, 4.69) is 52.0 Å². The molecule has 7 heteroatoms. The van der Waals surface area contributed by atoms with E-state index in [-0.39, 0.29) is 41.2 Å². The molecule has 156 valence electrons. The number of hydrogen-bond acceptors (Lipinski definition) is 3. The molecule has 3 rings (SSSR count). The number of carbonyl (C=O) groups is 1. The van der Waals surface area contributed by atoms with E-state index in [1.807, 2.05) is 36.0 Å². The molecule has 2 aromatic carbocycles. The highest BCUT2D eigenvalue weighted by Crippen LogP contribution is 2.51. The highest BCUT2D eigenvalue weighted by atomic mass is 127. The Kier molecular flexibility index (Phi) is 9.29. The second kappa shape index (κ2) is 11.4. The summed E-state index contributed by atoms with van der Waals surface area (Å²) in [5, 5.41) is 6.63. The van der Waals surface area contributed by atoms with Crippen molar-refractivity contribution < 1.29 is 4.79 Å². The number of benzene rings is 2. The molecule has 5 nitrogen and oxygen atoms in total. The van der Waals surface area contributed by atoms with E-state index in [0.29, 0.717) is 12.5 Å². The summed E-state index contributed by atoms with van der Waals surface area (Å²) in [4.78, 5) is 19.5. The first kappa shape index (κ1) is 23.5. The predicted octanol–water partition coefficient (Wildman–Crippen LogP) is 3.75. The Labute approximate surface area is 194 Å². The number of rotatable bonds is 8. The molecule has 1 amide bonds. The van der Waals surface area contributed by atoms with Crippen molar-refractivity contribution in [3.05, 3.63) is 66.2 Å². The van der Waals surface area contributed by atoms with Crippen LogP contribution in [0.1, 0.15) is 18.4 Å². The fourth-order valence-electron chi connectivity index (χ4n) is 2.68. The molecule has 0 saturated heterocycles. The summed E-state index contributed by atoms with van der Waals surface area (Å²) in [5.41, 5.74) is 1.14. The van der Waals surface area contributed by atoms with E-state index >= 15 is 0 Å². The van der Waals surface area contributed by atoms with Crippen LogP contribution in [0.25, 0.3) is 0 Å². The Morgan fingerprint density at radius 3 is 2.24 bits per heavy atom. The lowest BCUT2D eigenvalue weighted by Gasteiger charge is -2.19. The van der Waals surface area contributed by atoms with Gasteiger partial charge in [0.05, 0.1) is 13.1 Å². The molecule has 0 bridgehead atoms. The van der Waals surface area contributed by atoms with Crippen molar-refractivity contribution in [1.29, 1.82) is 0 Å². The van der Waals surface area contributed by atoms with Crippen molar-refractivity contribution in [1.82, 2.24) is 15.5 Å². The highest BCUT2D eigenvalue weighted by molar-refractivity contribution is 14.0. The number of nitrogens with one attached hydrogen (secondary N) is 2. The Hall–Kier alpha value is -1.74. The van der Waals surface area contributed by atoms with Crippen LogP contribution in [0.15, 0.2) is 70.6 Å². The van der Waals surface area contributed by atoms with Crippen LogP contribution in [0.5, 0.6) is 0 Å². The minimum atomic E-state index is 0. The number of nitrogens with zero attached hydrogens (tertiary/aromatic N) is 2. The predicted molar refractivity (Wildman–Crippen MR) is 132 cm³/mol. The van der Waals surface area contributed by atoms with E-state index in [1.54, 1.807) is 19.0 Å². The molecule has 0 radical (unpaired) electrons. The highest BCUT2D eigenvalue weighted by Gasteiger charge is 2.43. The van der Waals surface area contributed by atoms with Crippen molar-refractivity contribution in [3.63, 3.8) is 0 Å². The van der Waals surface area contributed by atoms with Gasteiger partial charge in [-0.1, -0.05) is 48.5 Å². The van der Waals surface area contributed by atoms with E-state index in [4.69, 9.17) is 0 Å². The molecule has 0 unspecified atom stereocenters. The maximum Gasteiger partial charge on any atom is 0.241 e. The van der Waals surface area contributed by atoms with Gasteiger partial charge in [-0.25, -0.2) is 4.99 Å². The van der Waals surface area contributed by atoms with Crippen molar-refractivity contribution >= 4 is 47.6 Å². The minimum absolute atomic E-state index is 0. The number of thioether (sulfide) groups is 1. The molecule has 0 heterocycles. The lowest BCUT2D eigenvalue weighted by molar-refractivity contribution is -0.127. The third kappa shape index (κ3) is 7.89. The van der Waals surface area contributed by atoms with E-state index in [1.165, 1.54) is 17.7 Å². The van der Waals surface area contributed by atoms with Crippen molar-refractivity contribution in [2.45, 2.75) is 29.0 Å². The normalized spacial score (nSPS) is 14.5. The molecular weight excluding hydrogens is 495 g/mol. The van der Waals surface area contributed by atoms with Gasteiger partial charge in [-0.15, -0.1) is 35.7 Å². The fourth-order valence-corrected chi connectivity index (χ4v) is 3.93. The number of halogens is 1. The molecular formula is C22H29IN4OS. The second-order valence-corrected chi connectivity index (χ2v) is 8.79. The zero-order valence-corrected chi connectivity index (χ0v) is 20.1. The largest absolute Gasteiger partial charge is 0.355 e. The van der Waals surface area contributed by atoms with Crippen LogP contribution in [0.2, 0.25) is 0 Å². The van der Waals surface area contributed by atoms with Gasteiger partial charge < -0.3 is 15.5 Å². The molecule has 29 heavy (non-hydrogen) atoms. The van der Waals surface area contributed by atoms with E-state index in [0.717, 1.165) is 12.1 Å². The Bertz CT molecular complexity index is 795. The van der Waals surface area contributed by atoms with Gasteiger partial charge >= 0.3 is 0 Å². The van der Waals surface area contributed by atoms with Crippen molar-refractivity contribution in [3.8, 4) is 0 Å². The SMILES string of the molecule is CN(C)C(=O)CNC(=NCc1ccccc1)NCC1(Sc2ccccc2)CC1.I. The van der Waals surface area contributed by atoms with Crippen LogP contribution in [0, 0.1) is 0 Å². The molecule has 0 atom stereocenters. The number of amides is 1. The first-order valence-corrected chi connectivity index (χ1v) is 10.4. The van der Waals surface area contributed by atoms with E-state index in [9.17, 15) is 4.79 Å². The van der Waals surface area contributed by atoms with Gasteiger partial charge in [0, 0.05) is 30.3 Å². The van der Waals surface area contributed by atoms with Crippen molar-refractivity contribution in [2.75, 3.05) is 27.2 Å². The molecule has 1 fully saturated rings. The number of carbonyl (C=O) groups excluding carboxylic acids is 1. The average Bonchev–Trinajstić information content (AvgIpc) is 3.48. The van der Waals surface area contributed by atoms with E-state index < -0.39 is 0 Å². The summed E-state index contributed by atoms with van der Waals surface area (Å²) in [6, 6.07) is 20.6. The fraction of sp³-hybridized carbons (Fsp3) is 0.364. The Morgan fingerprint density at radius 1 is 1.03 bits per heavy atom. The van der Waals surface area contributed by atoms with Gasteiger partial charge in [0.25, 0.3) is 0 Å².